The number of nitrogens with zero attached hydrogens (tertiary/aromatic N) is 2. The summed E-state index contributed by atoms with van der Waals surface area (Å²) in [6.45, 7) is 12.8. The summed E-state index contributed by atoms with van der Waals surface area (Å²) < 4.78 is 28.4. The highest BCUT2D eigenvalue weighted by Crippen LogP contribution is 2.65. The lowest BCUT2D eigenvalue weighted by Gasteiger charge is -2.44. The molecule has 0 aromatic heterocycles. The first kappa shape index (κ1) is 40.4. The van der Waals surface area contributed by atoms with Gasteiger partial charge in [0.15, 0.2) is 0 Å². The number of rotatable bonds is 16. The minimum absolute atomic E-state index is 0.00736. The molecular formula is C38H64N6O7S. The predicted molar refractivity (Wildman–Crippen MR) is 198 cm³/mol. The number of ketones is 1. The first-order chi connectivity index (χ1) is 24.5. The molecule has 14 heteroatoms. The van der Waals surface area contributed by atoms with Crippen LogP contribution in [0.1, 0.15) is 131 Å². The number of likely N-dealkylation sites (tertiary alicyclic amines) is 1. The quantitative estimate of drug-likeness (QED) is 0.175. The molecule has 4 aliphatic carbocycles. The normalized spacial score (nSPS) is 27.1. The van der Waals surface area contributed by atoms with Crippen molar-refractivity contribution in [1.82, 2.24) is 30.5 Å². The van der Waals surface area contributed by atoms with Gasteiger partial charge in [0.2, 0.25) is 27.6 Å². The Morgan fingerprint density at radius 1 is 0.846 bits per heavy atom. The lowest BCUT2D eigenvalue weighted by molar-refractivity contribution is -0.146. The van der Waals surface area contributed by atoms with E-state index in [1.54, 1.807) is 18.7 Å². The Labute approximate surface area is 311 Å². The monoisotopic (exact) mass is 748 g/mol. The second-order valence-electron chi connectivity index (χ2n) is 17.3. The Balaban J connectivity index is 1.38. The zero-order valence-corrected chi connectivity index (χ0v) is 33.2. The van der Waals surface area contributed by atoms with Gasteiger partial charge in [0, 0.05) is 25.7 Å². The molecule has 0 aromatic carbocycles. The highest BCUT2D eigenvalue weighted by molar-refractivity contribution is 7.89. The maximum Gasteiger partial charge on any atom is 0.315 e. The number of hydrogen-bond donors (Lipinski definition) is 4. The van der Waals surface area contributed by atoms with Crippen molar-refractivity contribution in [1.29, 1.82) is 0 Å². The summed E-state index contributed by atoms with van der Waals surface area (Å²) in [5.41, 5.74) is -1.73. The number of amides is 5. The van der Waals surface area contributed by atoms with E-state index in [0.29, 0.717) is 45.3 Å². The average Bonchev–Trinajstić information content (AvgIpc) is 3.94. The summed E-state index contributed by atoms with van der Waals surface area (Å²) in [4.78, 5) is 70.7. The van der Waals surface area contributed by atoms with Gasteiger partial charge in [0.25, 0.3) is 5.91 Å². The topological polar surface area (TPSA) is 174 Å². The van der Waals surface area contributed by atoms with Gasteiger partial charge in [-0.05, 0) is 67.6 Å². The van der Waals surface area contributed by atoms with Crippen molar-refractivity contribution in [2.45, 2.75) is 161 Å². The number of carbonyl (C=O) groups is 5. The highest BCUT2D eigenvalue weighted by atomic mass is 32.2. The second kappa shape index (κ2) is 15.9. The molecule has 52 heavy (non-hydrogen) atoms. The molecule has 294 valence electrons. The van der Waals surface area contributed by atoms with E-state index in [1.165, 1.54) is 4.31 Å². The lowest BCUT2D eigenvalue weighted by atomic mass is 9.70. The van der Waals surface area contributed by atoms with E-state index in [-0.39, 0.29) is 35.0 Å². The fourth-order valence-electron chi connectivity index (χ4n) is 9.62. The number of hydrogen-bond acceptors (Lipinski definition) is 7. The molecule has 0 radical (unpaired) electrons. The standard InChI is InChI=1S/C38H64N6O7S/c1-7-16-27(30(45)33(47)39-25-17-18-25)40-32(46)29-28-26(36(28,4)5)23-44(29)34(48)31(37(6)19-12-10-13-20-37)41-35(49)42-38(21-14-11-15-22-38)24-52(50,51)43(8-2)9-3/h25-29,31H,7-24H2,1-6H3,(H,39,47)(H,40,46)(H2,41,42,49)/t26-,27-,28-,29-,31+/m0/s1. The van der Waals surface area contributed by atoms with Crippen LogP contribution in [0.15, 0.2) is 0 Å². The minimum Gasteiger partial charge on any atom is -0.347 e. The minimum atomic E-state index is -3.65. The third kappa shape index (κ3) is 8.63. The van der Waals surface area contributed by atoms with E-state index in [0.717, 1.165) is 64.2 Å². The first-order valence-corrected chi connectivity index (χ1v) is 21.7. The van der Waals surface area contributed by atoms with Gasteiger partial charge in [-0.3, -0.25) is 19.2 Å². The first-order valence-electron chi connectivity index (χ1n) is 20.0. The van der Waals surface area contributed by atoms with Gasteiger partial charge in [0.05, 0.1) is 17.3 Å². The van der Waals surface area contributed by atoms with Crippen LogP contribution < -0.4 is 21.3 Å². The van der Waals surface area contributed by atoms with Crippen LogP contribution in [0, 0.1) is 22.7 Å². The van der Waals surface area contributed by atoms with Gasteiger partial charge < -0.3 is 26.2 Å². The SMILES string of the molecule is CCC[C@H](NC(=O)[C@@H]1[C@@H]2[C@H](CN1C(=O)[C@@H](NC(=O)NC1(CS(=O)(=O)N(CC)CC)CCCCC1)C1(C)CCCCC1)C2(C)C)C(=O)C(=O)NC1CC1. The molecule has 5 aliphatic rings. The van der Waals surface area contributed by atoms with E-state index in [1.807, 2.05) is 13.8 Å². The van der Waals surface area contributed by atoms with E-state index in [9.17, 15) is 32.4 Å². The summed E-state index contributed by atoms with van der Waals surface area (Å²) in [6.07, 6.45) is 10.4. The molecule has 4 N–H and O–H groups in total. The van der Waals surface area contributed by atoms with Crippen molar-refractivity contribution < 1.29 is 32.4 Å². The highest BCUT2D eigenvalue weighted by Gasteiger charge is 2.70. The van der Waals surface area contributed by atoms with Gasteiger partial charge in [-0.15, -0.1) is 0 Å². The summed E-state index contributed by atoms with van der Waals surface area (Å²) in [5, 5.41) is 11.8. The third-order valence-electron chi connectivity index (χ3n) is 13.1. The van der Waals surface area contributed by atoms with Crippen LogP contribution in [-0.4, -0.2) is 102 Å². The zero-order chi connectivity index (χ0) is 38.1. The number of Topliss-reactive ketones (excluding diaryl/α,β-unsaturated/α-hetero) is 1. The maximum atomic E-state index is 14.9. The van der Waals surface area contributed by atoms with Crippen LogP contribution in [0.4, 0.5) is 4.79 Å². The molecular weight excluding hydrogens is 685 g/mol. The Kier molecular flexibility index (Phi) is 12.4. The molecule has 1 heterocycles. The molecule has 0 unspecified atom stereocenters. The van der Waals surface area contributed by atoms with Gasteiger partial charge in [-0.25, -0.2) is 17.5 Å². The average molecular weight is 749 g/mol. The number of piperidine rings is 1. The summed E-state index contributed by atoms with van der Waals surface area (Å²) in [5.74, 6) is -2.39. The molecule has 0 spiro atoms. The molecule has 0 aromatic rings. The van der Waals surface area contributed by atoms with E-state index in [4.69, 9.17) is 0 Å². The van der Waals surface area contributed by atoms with Crippen molar-refractivity contribution in [3.63, 3.8) is 0 Å². The molecule has 5 rings (SSSR count). The molecule has 1 aliphatic heterocycles. The van der Waals surface area contributed by atoms with Crippen LogP contribution in [0.3, 0.4) is 0 Å². The van der Waals surface area contributed by atoms with Gasteiger partial charge >= 0.3 is 6.03 Å². The number of urea groups is 1. The van der Waals surface area contributed by atoms with Crippen LogP contribution in [-0.2, 0) is 29.2 Å². The molecule has 13 nitrogen and oxygen atoms in total. The summed E-state index contributed by atoms with van der Waals surface area (Å²) >= 11 is 0. The number of carbonyl (C=O) groups excluding carboxylic acids is 5. The largest absolute Gasteiger partial charge is 0.347 e. The van der Waals surface area contributed by atoms with Gasteiger partial charge in [-0.2, -0.15) is 0 Å². The Bertz CT molecular complexity index is 1460. The van der Waals surface area contributed by atoms with Crippen LogP contribution in [0.2, 0.25) is 0 Å². The lowest BCUT2D eigenvalue weighted by Crippen LogP contribution is -2.65. The smallest absolute Gasteiger partial charge is 0.315 e. The molecule has 5 fully saturated rings. The van der Waals surface area contributed by atoms with Crippen molar-refractivity contribution >= 4 is 39.6 Å². The predicted octanol–water partition coefficient (Wildman–Crippen LogP) is 3.61. The maximum absolute atomic E-state index is 14.9. The second-order valence-corrected chi connectivity index (χ2v) is 19.2. The number of sulfonamides is 1. The molecule has 5 atom stereocenters. The van der Waals surface area contributed by atoms with Gasteiger partial charge in [0.1, 0.15) is 12.1 Å². The number of nitrogens with one attached hydrogen (secondary N) is 4. The Morgan fingerprint density at radius 2 is 1.44 bits per heavy atom. The van der Waals surface area contributed by atoms with Crippen molar-refractivity contribution in [3.05, 3.63) is 0 Å². The third-order valence-corrected chi connectivity index (χ3v) is 15.3. The molecule has 5 amide bonds. The Hall–Kier alpha value is -2.74. The number of fused-ring (bicyclic) bond motifs is 1. The summed E-state index contributed by atoms with van der Waals surface area (Å²) in [7, 11) is -3.65. The van der Waals surface area contributed by atoms with Crippen LogP contribution in [0.5, 0.6) is 0 Å². The zero-order valence-electron chi connectivity index (χ0n) is 32.4. The van der Waals surface area contributed by atoms with E-state index >= 15 is 0 Å². The molecule has 0 bridgehead atoms. The van der Waals surface area contributed by atoms with Crippen LogP contribution >= 0.6 is 0 Å². The summed E-state index contributed by atoms with van der Waals surface area (Å²) in [6, 6.07) is -3.35. The van der Waals surface area contributed by atoms with Gasteiger partial charge in [-0.1, -0.05) is 86.5 Å². The van der Waals surface area contributed by atoms with Crippen molar-refractivity contribution in [2.75, 3.05) is 25.4 Å². The fourth-order valence-corrected chi connectivity index (χ4v) is 11.6. The molecule has 4 saturated carbocycles. The van der Waals surface area contributed by atoms with Crippen LogP contribution in [0.25, 0.3) is 0 Å². The van der Waals surface area contributed by atoms with Crippen molar-refractivity contribution in [3.8, 4) is 0 Å². The fraction of sp³-hybridized carbons (Fsp3) is 0.868. The molecule has 1 saturated heterocycles. The van der Waals surface area contributed by atoms with E-state index in [2.05, 4.69) is 35.1 Å². The Morgan fingerprint density at radius 3 is 2.00 bits per heavy atom. The van der Waals surface area contributed by atoms with Crippen molar-refractivity contribution in [2.24, 2.45) is 22.7 Å². The van der Waals surface area contributed by atoms with E-state index < -0.39 is 62.7 Å².